The van der Waals surface area contributed by atoms with Gasteiger partial charge < -0.3 is 16.8 Å². The monoisotopic (exact) mass is 491 g/mol. The minimum absolute atomic E-state index is 0.0110. The average Bonchev–Trinajstić information content (AvgIpc) is 2.85. The van der Waals surface area contributed by atoms with Crippen LogP contribution < -0.4 is 22.3 Å². The van der Waals surface area contributed by atoms with Crippen LogP contribution in [-0.2, 0) is 0 Å². The van der Waals surface area contributed by atoms with Crippen molar-refractivity contribution in [2.45, 2.75) is 39.7 Å². The molecule has 0 aliphatic rings. The number of nitrogens with zero attached hydrogens (tertiary/aromatic N) is 6. The third-order valence-corrected chi connectivity index (χ3v) is 5.46. The highest BCUT2D eigenvalue weighted by atomic mass is 19.1. The maximum absolute atomic E-state index is 14.7. The number of rotatable bonds is 7. The summed E-state index contributed by atoms with van der Waals surface area (Å²) in [5, 5.41) is 21.4. The van der Waals surface area contributed by atoms with E-state index >= 15 is 0 Å². The zero-order valence-electron chi connectivity index (χ0n) is 19.8. The second-order valence-electron chi connectivity index (χ2n) is 7.62. The highest BCUT2D eigenvalue weighted by Gasteiger charge is 2.25. The molecular formula is C24H23F2N9O. The summed E-state index contributed by atoms with van der Waals surface area (Å²) in [6.07, 6.45) is 3.55. The summed E-state index contributed by atoms with van der Waals surface area (Å²) in [6.45, 7) is 5.15. The number of nitrogens with one attached hydrogen (secondary N) is 1. The molecule has 0 saturated heterocycles. The summed E-state index contributed by atoms with van der Waals surface area (Å²) >= 11 is 0. The van der Waals surface area contributed by atoms with E-state index in [0.29, 0.717) is 5.70 Å². The first kappa shape index (κ1) is 25.8. The molecule has 2 aromatic heterocycles. The van der Waals surface area contributed by atoms with Gasteiger partial charge in [-0.05, 0) is 38.0 Å². The molecular weight excluding hydrogens is 468 g/mol. The lowest BCUT2D eigenvalue weighted by molar-refractivity contribution is 0.604. The van der Waals surface area contributed by atoms with Gasteiger partial charge >= 0.3 is 0 Å². The predicted molar refractivity (Wildman–Crippen MR) is 132 cm³/mol. The maximum Gasteiger partial charge on any atom is 0.268 e. The molecule has 0 aliphatic carbocycles. The Bertz CT molecular complexity index is 1540. The highest BCUT2D eigenvalue weighted by Crippen LogP contribution is 2.29. The van der Waals surface area contributed by atoms with Crippen LogP contribution >= 0.6 is 0 Å². The van der Waals surface area contributed by atoms with Crippen LogP contribution in [0.25, 0.3) is 16.6 Å². The number of hydrogen-bond donors (Lipinski definition) is 3. The van der Waals surface area contributed by atoms with Gasteiger partial charge in [0.2, 0.25) is 5.95 Å². The van der Waals surface area contributed by atoms with E-state index in [1.165, 1.54) is 6.08 Å². The third-order valence-electron chi connectivity index (χ3n) is 5.46. The summed E-state index contributed by atoms with van der Waals surface area (Å²) in [6, 6.07) is 4.81. The molecule has 0 radical (unpaired) electrons. The van der Waals surface area contributed by atoms with Crippen molar-refractivity contribution in [3.05, 3.63) is 63.2 Å². The van der Waals surface area contributed by atoms with Crippen molar-refractivity contribution in [3.8, 4) is 12.1 Å². The van der Waals surface area contributed by atoms with E-state index in [1.807, 2.05) is 12.1 Å². The summed E-state index contributed by atoms with van der Waals surface area (Å²) < 4.78 is 30.6. The minimum Gasteiger partial charge on any atom is -0.382 e. The van der Waals surface area contributed by atoms with E-state index < -0.39 is 34.1 Å². The fraction of sp³-hybridized carbons (Fsp3) is 0.250. The molecule has 0 spiro atoms. The largest absolute Gasteiger partial charge is 0.382 e. The molecule has 12 heteroatoms. The SMILES string of the molecule is C/C=C(C#N)\C=C(/CC)n1c(C(CC)Nc2nc(N)nc(N)c2C#N)nc2c(F)ccc(F)c2c1=O. The van der Waals surface area contributed by atoms with E-state index in [0.717, 1.165) is 16.7 Å². The van der Waals surface area contributed by atoms with Crippen molar-refractivity contribution in [2.24, 2.45) is 0 Å². The van der Waals surface area contributed by atoms with Crippen molar-refractivity contribution < 1.29 is 8.78 Å². The Balaban J connectivity index is 2.40. The number of nitrogen functional groups attached to an aromatic ring is 2. The second kappa shape index (κ2) is 10.6. The number of allylic oxidation sites excluding steroid dienone is 4. The Hall–Kier alpha value is -4.84. The lowest BCUT2D eigenvalue weighted by atomic mass is 10.1. The standard InChI is InChI=1S/C24H23F2N9O/c1-4-12(10-27)9-13(5-2)35-22(32-19-16(26)8-7-15(25)18(19)23(35)36)17(6-3)31-21-14(11-28)20(29)33-24(30)34-21/h4,7-9,17H,5-6H2,1-3H3,(H5,29,30,31,33,34)/b12-4+,13-9+. The number of hydrogen-bond acceptors (Lipinski definition) is 9. The Morgan fingerprint density at radius 2 is 1.89 bits per heavy atom. The molecule has 0 aliphatic heterocycles. The molecule has 1 atom stereocenters. The van der Waals surface area contributed by atoms with E-state index in [-0.39, 0.29) is 47.4 Å². The quantitative estimate of drug-likeness (QED) is 0.328. The number of fused-ring (bicyclic) bond motifs is 1. The van der Waals surface area contributed by atoms with Gasteiger partial charge in [-0.25, -0.2) is 13.8 Å². The second-order valence-corrected chi connectivity index (χ2v) is 7.62. The molecule has 0 bridgehead atoms. The molecule has 10 nitrogen and oxygen atoms in total. The van der Waals surface area contributed by atoms with Crippen LogP contribution in [-0.4, -0.2) is 19.5 Å². The van der Waals surface area contributed by atoms with Crippen LogP contribution in [0.4, 0.5) is 26.4 Å². The zero-order valence-corrected chi connectivity index (χ0v) is 19.8. The number of nitrogens with two attached hydrogens (primary N) is 2. The first-order valence-electron chi connectivity index (χ1n) is 11.0. The molecule has 0 saturated carbocycles. The maximum atomic E-state index is 14.7. The Morgan fingerprint density at radius 3 is 2.47 bits per heavy atom. The van der Waals surface area contributed by atoms with Gasteiger partial charge in [-0.1, -0.05) is 19.9 Å². The molecule has 5 N–H and O–H groups in total. The number of benzene rings is 1. The van der Waals surface area contributed by atoms with Crippen molar-refractivity contribution >= 4 is 34.2 Å². The van der Waals surface area contributed by atoms with Gasteiger partial charge in [-0.2, -0.15) is 20.5 Å². The third kappa shape index (κ3) is 4.70. The molecule has 0 amide bonds. The van der Waals surface area contributed by atoms with Crippen LogP contribution in [0, 0.1) is 34.3 Å². The van der Waals surface area contributed by atoms with Crippen LogP contribution in [0.2, 0.25) is 0 Å². The number of halogens is 2. The summed E-state index contributed by atoms with van der Waals surface area (Å²) in [5.41, 5.74) is 10.7. The summed E-state index contributed by atoms with van der Waals surface area (Å²) in [5.74, 6) is -2.16. The van der Waals surface area contributed by atoms with Crippen molar-refractivity contribution in [1.29, 1.82) is 10.5 Å². The van der Waals surface area contributed by atoms with Gasteiger partial charge in [0.05, 0.1) is 12.1 Å². The van der Waals surface area contributed by atoms with Crippen molar-refractivity contribution in [2.75, 3.05) is 16.8 Å². The van der Waals surface area contributed by atoms with Gasteiger partial charge in [0, 0.05) is 11.3 Å². The summed E-state index contributed by atoms with van der Waals surface area (Å²) in [4.78, 5) is 25.8. The Labute approximate surface area is 205 Å². The van der Waals surface area contributed by atoms with Crippen molar-refractivity contribution in [3.63, 3.8) is 0 Å². The zero-order chi connectivity index (χ0) is 26.6. The molecule has 3 aromatic rings. The fourth-order valence-corrected chi connectivity index (χ4v) is 3.65. The molecule has 0 fully saturated rings. The average molecular weight is 492 g/mol. The first-order valence-corrected chi connectivity index (χ1v) is 11.0. The van der Waals surface area contributed by atoms with Gasteiger partial charge in [-0.15, -0.1) is 0 Å². The predicted octanol–water partition coefficient (Wildman–Crippen LogP) is 3.78. The van der Waals surface area contributed by atoms with Crippen LogP contribution in [0.15, 0.2) is 34.7 Å². The number of aromatic nitrogens is 4. The molecule has 1 aromatic carbocycles. The van der Waals surface area contributed by atoms with Crippen LogP contribution in [0.3, 0.4) is 0 Å². The molecule has 36 heavy (non-hydrogen) atoms. The van der Waals surface area contributed by atoms with Gasteiger partial charge in [0.15, 0.2) is 5.82 Å². The van der Waals surface area contributed by atoms with Gasteiger partial charge in [0.1, 0.15) is 45.8 Å². The normalized spacial score (nSPS) is 12.8. The lowest BCUT2D eigenvalue weighted by Gasteiger charge is -2.24. The first-order chi connectivity index (χ1) is 17.2. The van der Waals surface area contributed by atoms with Crippen LogP contribution in [0.1, 0.15) is 51.0 Å². The van der Waals surface area contributed by atoms with Gasteiger partial charge in [0.25, 0.3) is 5.56 Å². The topological polar surface area (TPSA) is 172 Å². The highest BCUT2D eigenvalue weighted by molar-refractivity contribution is 5.80. The van der Waals surface area contributed by atoms with Crippen LogP contribution in [0.5, 0.6) is 0 Å². The van der Waals surface area contributed by atoms with E-state index in [1.54, 1.807) is 26.8 Å². The van der Waals surface area contributed by atoms with Crippen molar-refractivity contribution in [1.82, 2.24) is 19.5 Å². The smallest absolute Gasteiger partial charge is 0.268 e. The number of nitriles is 2. The molecule has 2 heterocycles. The molecule has 3 rings (SSSR count). The fourth-order valence-electron chi connectivity index (χ4n) is 3.65. The minimum atomic E-state index is -0.935. The van der Waals surface area contributed by atoms with E-state index in [9.17, 15) is 24.1 Å². The molecule has 1 unspecified atom stereocenters. The van der Waals surface area contributed by atoms with E-state index in [4.69, 9.17) is 11.5 Å². The van der Waals surface area contributed by atoms with E-state index in [2.05, 4.69) is 20.3 Å². The number of anilines is 3. The Morgan fingerprint density at radius 1 is 1.19 bits per heavy atom. The lowest BCUT2D eigenvalue weighted by Crippen LogP contribution is -2.30. The van der Waals surface area contributed by atoms with Gasteiger partial charge in [-0.3, -0.25) is 9.36 Å². The summed E-state index contributed by atoms with van der Waals surface area (Å²) in [7, 11) is 0. The Kier molecular flexibility index (Phi) is 7.60. The molecule has 184 valence electrons.